The van der Waals surface area contributed by atoms with Gasteiger partial charge in [-0.3, -0.25) is 19.8 Å². The maximum Gasteiger partial charge on any atom is 0.338 e. The van der Waals surface area contributed by atoms with E-state index >= 15 is 4.39 Å². The van der Waals surface area contributed by atoms with Crippen LogP contribution in [0.4, 0.5) is 15.8 Å². The quantitative estimate of drug-likeness (QED) is 0.159. The Morgan fingerprint density at radius 3 is 2.67 bits per heavy atom. The van der Waals surface area contributed by atoms with Crippen LogP contribution in [0, 0.1) is 21.8 Å². The summed E-state index contributed by atoms with van der Waals surface area (Å²) >= 11 is 12.6. The Balaban J connectivity index is 1.54. The number of halogens is 3. The van der Waals surface area contributed by atoms with E-state index in [2.05, 4.69) is 10.6 Å². The van der Waals surface area contributed by atoms with Gasteiger partial charge in [0.1, 0.15) is 11.4 Å². The number of hydrogen-bond acceptors (Lipinski definition) is 8. The maximum atomic E-state index is 16.1. The van der Waals surface area contributed by atoms with E-state index < -0.39 is 52.3 Å². The van der Waals surface area contributed by atoms with Crippen molar-refractivity contribution in [3.05, 3.63) is 103 Å². The van der Waals surface area contributed by atoms with Gasteiger partial charge >= 0.3 is 5.97 Å². The second-order valence-electron chi connectivity index (χ2n) is 11.9. The standard InChI is InChI=1S/C32H31Cl2FN4O6/c1-16(40)29-28(36-14-19-9-8-18(30(41)45-2)12-25(19)39(43)44)26(21-4-3-5-23(34)27(21)35)32(38(29)15-17-6-7-17)22-11-10-20(33)13-24(22)37-31(32)42/h3-5,8-13,16-17,26,28-29,36,40H,6-7,14-15H2,1-2H3,(H,37,42)/t16-,26-,28+,29?,32+/m1/s1. The summed E-state index contributed by atoms with van der Waals surface area (Å²) in [6, 6.07) is 12.2. The smallest absolute Gasteiger partial charge is 0.338 e. The van der Waals surface area contributed by atoms with Crippen LogP contribution >= 0.6 is 23.2 Å². The second-order valence-corrected chi connectivity index (χ2v) is 12.7. The molecule has 2 heterocycles. The normalized spacial score (nSPS) is 24.8. The highest BCUT2D eigenvalue weighted by Crippen LogP contribution is 2.59. The first kappa shape index (κ1) is 31.4. The van der Waals surface area contributed by atoms with Gasteiger partial charge in [-0.15, -0.1) is 0 Å². The molecule has 10 nitrogen and oxygen atoms in total. The van der Waals surface area contributed by atoms with E-state index in [1.165, 1.54) is 25.3 Å². The van der Waals surface area contributed by atoms with Crippen LogP contribution in [0.25, 0.3) is 0 Å². The Bertz CT molecular complexity index is 1700. The molecule has 3 aromatic rings. The SMILES string of the molecule is COC(=O)c1ccc(CN[C@@H]2C([C@@H](C)O)N(CC3CC3)[C@]3(C(=O)Nc4cc(Cl)ccc43)[C@@H]2c2cccc(Cl)c2F)c([N+](=O)[O-])c1. The van der Waals surface area contributed by atoms with Crippen molar-refractivity contribution in [3.63, 3.8) is 0 Å². The molecule has 1 amide bonds. The summed E-state index contributed by atoms with van der Waals surface area (Å²) in [5.41, 5.74) is -0.288. The van der Waals surface area contributed by atoms with Gasteiger partial charge in [0.15, 0.2) is 0 Å². The van der Waals surface area contributed by atoms with Gasteiger partial charge in [0, 0.05) is 53.0 Å². The van der Waals surface area contributed by atoms with Crippen molar-refractivity contribution in [2.75, 3.05) is 19.0 Å². The van der Waals surface area contributed by atoms with E-state index in [-0.39, 0.29) is 39.9 Å². The Morgan fingerprint density at radius 1 is 1.24 bits per heavy atom. The van der Waals surface area contributed by atoms with Gasteiger partial charge in [-0.2, -0.15) is 0 Å². The lowest BCUT2D eigenvalue weighted by Gasteiger charge is -2.40. The Hall–Kier alpha value is -3.61. The molecule has 1 saturated heterocycles. The summed E-state index contributed by atoms with van der Waals surface area (Å²) in [7, 11) is 1.18. The third kappa shape index (κ3) is 5.26. The molecule has 2 aliphatic heterocycles. The number of aliphatic hydroxyl groups is 1. The number of carbonyl (C=O) groups is 2. The third-order valence-corrected chi connectivity index (χ3v) is 9.70. The number of amides is 1. The van der Waals surface area contributed by atoms with E-state index in [0.717, 1.165) is 18.9 Å². The number of likely N-dealkylation sites (tertiary alicyclic amines) is 1. The minimum atomic E-state index is -1.48. The number of esters is 1. The molecule has 6 rings (SSSR count). The Morgan fingerprint density at radius 2 is 2.00 bits per heavy atom. The lowest BCUT2D eigenvalue weighted by Crippen LogP contribution is -2.55. The number of nitrogens with one attached hydrogen (secondary N) is 2. The molecule has 0 aromatic heterocycles. The molecule has 3 aromatic carbocycles. The zero-order valence-electron chi connectivity index (χ0n) is 24.4. The van der Waals surface area contributed by atoms with Crippen LogP contribution in [0.3, 0.4) is 0 Å². The van der Waals surface area contributed by atoms with Crippen molar-refractivity contribution in [2.24, 2.45) is 5.92 Å². The minimum absolute atomic E-state index is 0.0157. The first-order valence-electron chi connectivity index (χ1n) is 14.6. The van der Waals surface area contributed by atoms with Crippen LogP contribution in [0.1, 0.15) is 52.7 Å². The van der Waals surface area contributed by atoms with Crippen molar-refractivity contribution in [1.82, 2.24) is 10.2 Å². The predicted octanol–water partition coefficient (Wildman–Crippen LogP) is 5.39. The van der Waals surface area contributed by atoms with Crippen LogP contribution in [-0.2, 0) is 21.6 Å². The predicted molar refractivity (Wildman–Crippen MR) is 166 cm³/mol. The van der Waals surface area contributed by atoms with Crippen molar-refractivity contribution >= 4 is 46.5 Å². The molecule has 5 atom stereocenters. The van der Waals surface area contributed by atoms with Crippen LogP contribution in [0.15, 0.2) is 54.6 Å². The molecule has 1 aliphatic carbocycles. The zero-order chi connectivity index (χ0) is 32.2. The number of benzene rings is 3. The summed E-state index contributed by atoms with van der Waals surface area (Å²) in [5, 5.41) is 30.1. The highest BCUT2D eigenvalue weighted by Gasteiger charge is 2.68. The summed E-state index contributed by atoms with van der Waals surface area (Å²) in [5.74, 6) is -2.49. The van der Waals surface area contributed by atoms with Gasteiger partial charge in [0.2, 0.25) is 5.91 Å². The van der Waals surface area contributed by atoms with Gasteiger partial charge in [0.25, 0.3) is 5.69 Å². The number of aliphatic hydroxyl groups excluding tert-OH is 1. The van der Waals surface area contributed by atoms with Crippen LogP contribution in [-0.4, -0.2) is 58.6 Å². The van der Waals surface area contributed by atoms with Crippen molar-refractivity contribution in [3.8, 4) is 0 Å². The maximum absolute atomic E-state index is 16.1. The highest BCUT2D eigenvalue weighted by molar-refractivity contribution is 6.31. The van der Waals surface area contributed by atoms with Gasteiger partial charge in [-0.1, -0.05) is 47.5 Å². The largest absolute Gasteiger partial charge is 0.465 e. The minimum Gasteiger partial charge on any atom is -0.465 e. The first-order chi connectivity index (χ1) is 21.5. The number of anilines is 1. The fourth-order valence-corrected chi connectivity index (χ4v) is 7.48. The molecule has 13 heteroatoms. The highest BCUT2D eigenvalue weighted by atomic mass is 35.5. The average Bonchev–Trinajstić information content (AvgIpc) is 3.72. The fourth-order valence-electron chi connectivity index (χ4n) is 7.13. The van der Waals surface area contributed by atoms with Gasteiger partial charge in [-0.05, 0) is 55.5 Å². The van der Waals surface area contributed by atoms with Crippen LogP contribution in [0.2, 0.25) is 10.0 Å². The third-order valence-electron chi connectivity index (χ3n) is 9.17. The molecule has 3 aliphatic rings. The van der Waals surface area contributed by atoms with E-state index in [0.29, 0.717) is 22.8 Å². The van der Waals surface area contributed by atoms with E-state index in [4.69, 9.17) is 27.9 Å². The van der Waals surface area contributed by atoms with Gasteiger partial charge < -0.3 is 20.5 Å². The molecule has 1 spiro atoms. The molecule has 0 bridgehead atoms. The number of methoxy groups -OCH3 is 1. The fraction of sp³-hybridized carbons (Fsp3) is 0.375. The van der Waals surface area contributed by atoms with Crippen molar-refractivity contribution in [2.45, 2.75) is 56.0 Å². The molecule has 1 saturated carbocycles. The molecular weight excluding hydrogens is 626 g/mol. The average molecular weight is 658 g/mol. The number of rotatable bonds is 9. The first-order valence-corrected chi connectivity index (χ1v) is 15.3. The number of hydrogen-bond donors (Lipinski definition) is 3. The number of carbonyl (C=O) groups excluding carboxylic acids is 2. The molecule has 45 heavy (non-hydrogen) atoms. The van der Waals surface area contributed by atoms with E-state index in [1.807, 2.05) is 4.90 Å². The Labute approximate surface area is 268 Å². The van der Waals surface area contributed by atoms with Crippen molar-refractivity contribution < 1.29 is 28.7 Å². The second kappa shape index (κ2) is 12.0. The molecular formula is C32H31Cl2FN4O6. The lowest BCUT2D eigenvalue weighted by atomic mass is 9.73. The summed E-state index contributed by atoms with van der Waals surface area (Å²) in [6.45, 7) is 1.98. The number of nitro benzene ring substituents is 1. The molecule has 0 radical (unpaired) electrons. The van der Waals surface area contributed by atoms with Crippen LogP contribution in [0.5, 0.6) is 0 Å². The van der Waals surface area contributed by atoms with Gasteiger partial charge in [0.05, 0.1) is 34.8 Å². The molecule has 2 fully saturated rings. The molecule has 1 unspecified atom stereocenters. The number of fused-ring (bicyclic) bond motifs is 2. The van der Waals surface area contributed by atoms with Crippen molar-refractivity contribution in [1.29, 1.82) is 0 Å². The molecule has 236 valence electrons. The summed E-state index contributed by atoms with van der Waals surface area (Å²) < 4.78 is 20.8. The summed E-state index contributed by atoms with van der Waals surface area (Å²) in [6.07, 6.45) is 0.883. The zero-order valence-corrected chi connectivity index (χ0v) is 25.9. The number of nitrogens with zero attached hydrogens (tertiary/aromatic N) is 2. The van der Waals surface area contributed by atoms with E-state index in [9.17, 15) is 24.8 Å². The molecule has 3 N–H and O–H groups in total. The van der Waals surface area contributed by atoms with Gasteiger partial charge in [-0.25, -0.2) is 9.18 Å². The topological polar surface area (TPSA) is 134 Å². The van der Waals surface area contributed by atoms with E-state index in [1.54, 1.807) is 37.3 Å². The number of nitro groups is 1. The lowest BCUT2D eigenvalue weighted by molar-refractivity contribution is -0.385. The van der Waals surface area contributed by atoms with Crippen LogP contribution < -0.4 is 10.6 Å². The Kier molecular flexibility index (Phi) is 8.34. The number of ether oxygens (including phenoxy) is 1. The monoisotopic (exact) mass is 656 g/mol. The summed E-state index contributed by atoms with van der Waals surface area (Å²) in [4.78, 5) is 40.0.